The van der Waals surface area contributed by atoms with Crippen molar-refractivity contribution in [2.75, 3.05) is 6.54 Å². The second-order valence-electron chi connectivity index (χ2n) is 5.91. The van der Waals surface area contributed by atoms with Crippen LogP contribution in [0.2, 0.25) is 0 Å². The molecule has 1 aromatic carbocycles. The van der Waals surface area contributed by atoms with Crippen LogP contribution in [0.15, 0.2) is 42.7 Å². The highest BCUT2D eigenvalue weighted by Crippen LogP contribution is 2.42. The Balaban J connectivity index is 1.78. The van der Waals surface area contributed by atoms with Crippen molar-refractivity contribution in [1.82, 2.24) is 19.9 Å². The highest BCUT2D eigenvalue weighted by molar-refractivity contribution is 6.14. The fourth-order valence-electron chi connectivity index (χ4n) is 3.57. The van der Waals surface area contributed by atoms with Crippen LogP contribution in [0.25, 0.3) is 22.3 Å². The van der Waals surface area contributed by atoms with Crippen molar-refractivity contribution in [3.63, 3.8) is 0 Å². The minimum absolute atomic E-state index is 0.102. The number of H-pyrrole nitrogens is 1. The van der Waals surface area contributed by atoms with Gasteiger partial charge >= 0.3 is 0 Å². The van der Waals surface area contributed by atoms with Gasteiger partial charge in [-0.25, -0.2) is 4.98 Å². The Kier molecular flexibility index (Phi) is 2.47. The summed E-state index contributed by atoms with van der Waals surface area (Å²) in [7, 11) is 0. The zero-order chi connectivity index (χ0) is 15.4. The maximum Gasteiger partial charge on any atom is 0.258 e. The van der Waals surface area contributed by atoms with E-state index in [1.165, 1.54) is 0 Å². The van der Waals surface area contributed by atoms with Crippen LogP contribution in [0.5, 0.6) is 0 Å². The van der Waals surface area contributed by atoms with E-state index in [9.17, 15) is 4.79 Å². The van der Waals surface area contributed by atoms with Gasteiger partial charge in [-0.05, 0) is 25.0 Å². The van der Waals surface area contributed by atoms with Crippen molar-refractivity contribution >= 4 is 28.2 Å². The molecule has 0 spiro atoms. The fourth-order valence-corrected chi connectivity index (χ4v) is 3.57. The third kappa shape index (κ3) is 1.70. The van der Waals surface area contributed by atoms with Gasteiger partial charge in [0.2, 0.25) is 0 Å². The summed E-state index contributed by atoms with van der Waals surface area (Å²) in [6.07, 6.45) is 5.40. The number of benzene rings is 1. The second-order valence-corrected chi connectivity index (χ2v) is 5.91. The molecule has 0 aliphatic carbocycles. The van der Waals surface area contributed by atoms with Gasteiger partial charge in [0.1, 0.15) is 5.82 Å². The van der Waals surface area contributed by atoms with E-state index in [0.29, 0.717) is 0 Å². The normalized spacial score (nSPS) is 16.9. The quantitative estimate of drug-likeness (QED) is 0.751. The number of nitrogens with zero attached hydrogens (tertiary/aromatic N) is 3. The largest absolute Gasteiger partial charge is 0.337 e. The topological polar surface area (TPSA) is 61.9 Å². The average Bonchev–Trinajstić information content (AvgIpc) is 3.15. The number of aromatic amines is 1. The van der Waals surface area contributed by atoms with Gasteiger partial charge in [-0.15, -0.1) is 0 Å². The van der Waals surface area contributed by atoms with E-state index in [2.05, 4.69) is 9.97 Å². The van der Waals surface area contributed by atoms with Crippen LogP contribution in [0.1, 0.15) is 34.6 Å². The summed E-state index contributed by atoms with van der Waals surface area (Å²) in [4.78, 5) is 26.7. The van der Waals surface area contributed by atoms with Gasteiger partial charge in [0, 0.05) is 29.4 Å². The first kappa shape index (κ1) is 12.6. The number of hydrogen-bond donors (Lipinski definition) is 1. The van der Waals surface area contributed by atoms with Crippen LogP contribution in [0, 0.1) is 0 Å². The number of hydrogen-bond acceptors (Lipinski definition) is 3. The molecule has 23 heavy (non-hydrogen) atoms. The molecule has 112 valence electrons. The van der Waals surface area contributed by atoms with Crippen molar-refractivity contribution in [2.24, 2.45) is 0 Å². The van der Waals surface area contributed by atoms with Gasteiger partial charge in [0.25, 0.3) is 5.91 Å². The van der Waals surface area contributed by atoms with Gasteiger partial charge < -0.3 is 9.88 Å². The fraction of sp³-hybridized carbons (Fsp3) is 0.167. The monoisotopic (exact) mass is 302 g/mol. The van der Waals surface area contributed by atoms with Crippen molar-refractivity contribution < 1.29 is 4.79 Å². The molecule has 5 rings (SSSR count). The standard InChI is InChI=1S/C18H14N4O/c23-18-12-5-2-1-4-11(12)16-13(6-3-9-22(16)18)17-20-14-7-8-19-10-15(14)21-17/h1-2,4-5,7-8,10H,3,6,9H2,(H,20,21). The molecular formula is C18H14N4O. The summed E-state index contributed by atoms with van der Waals surface area (Å²) in [6, 6.07) is 9.73. The van der Waals surface area contributed by atoms with Crippen LogP contribution >= 0.6 is 0 Å². The molecule has 1 amide bonds. The van der Waals surface area contributed by atoms with Gasteiger partial charge in [-0.3, -0.25) is 9.78 Å². The summed E-state index contributed by atoms with van der Waals surface area (Å²) in [5, 5.41) is 0. The first-order chi connectivity index (χ1) is 11.3. The Morgan fingerprint density at radius 1 is 1.13 bits per heavy atom. The van der Waals surface area contributed by atoms with E-state index in [-0.39, 0.29) is 5.91 Å². The Hall–Kier alpha value is -2.95. The Morgan fingerprint density at radius 3 is 2.87 bits per heavy atom. The van der Waals surface area contributed by atoms with Crippen LogP contribution in [0.4, 0.5) is 0 Å². The molecule has 0 radical (unpaired) electrons. The van der Waals surface area contributed by atoms with Crippen LogP contribution < -0.4 is 0 Å². The summed E-state index contributed by atoms with van der Waals surface area (Å²) >= 11 is 0. The van der Waals surface area contributed by atoms with Gasteiger partial charge in [0.05, 0.1) is 22.9 Å². The summed E-state index contributed by atoms with van der Waals surface area (Å²) < 4.78 is 0. The molecule has 0 bridgehead atoms. The Morgan fingerprint density at radius 2 is 2.00 bits per heavy atom. The smallest absolute Gasteiger partial charge is 0.258 e. The van der Waals surface area contributed by atoms with Crippen LogP contribution in [-0.2, 0) is 0 Å². The van der Waals surface area contributed by atoms with E-state index in [1.54, 1.807) is 12.4 Å². The Bertz CT molecular complexity index is 952. The molecule has 2 aliphatic heterocycles. The Labute approximate surface area is 132 Å². The van der Waals surface area contributed by atoms with E-state index >= 15 is 0 Å². The number of carbonyl (C=O) groups excluding carboxylic acids is 1. The molecular weight excluding hydrogens is 288 g/mol. The molecule has 0 unspecified atom stereocenters. The number of nitrogens with one attached hydrogen (secondary N) is 1. The first-order valence-electron chi connectivity index (χ1n) is 7.77. The minimum Gasteiger partial charge on any atom is -0.337 e. The molecule has 2 aromatic heterocycles. The first-order valence-corrected chi connectivity index (χ1v) is 7.77. The average molecular weight is 302 g/mol. The highest BCUT2D eigenvalue weighted by Gasteiger charge is 2.36. The van der Waals surface area contributed by atoms with E-state index in [0.717, 1.165) is 58.6 Å². The van der Waals surface area contributed by atoms with Gasteiger partial charge in [0.15, 0.2) is 0 Å². The third-order valence-corrected chi connectivity index (χ3v) is 4.59. The minimum atomic E-state index is 0.102. The lowest BCUT2D eigenvalue weighted by Gasteiger charge is -2.26. The zero-order valence-corrected chi connectivity index (χ0v) is 12.4. The molecule has 1 N–H and O–H groups in total. The summed E-state index contributed by atoms with van der Waals surface area (Å²) in [6.45, 7) is 0.772. The van der Waals surface area contributed by atoms with E-state index in [4.69, 9.17) is 4.98 Å². The molecule has 3 aromatic rings. The third-order valence-electron chi connectivity index (χ3n) is 4.59. The van der Waals surface area contributed by atoms with Crippen molar-refractivity contribution in [2.45, 2.75) is 12.8 Å². The van der Waals surface area contributed by atoms with Crippen LogP contribution in [0.3, 0.4) is 0 Å². The number of pyridine rings is 1. The van der Waals surface area contributed by atoms with Crippen molar-refractivity contribution in [1.29, 1.82) is 0 Å². The number of aromatic nitrogens is 3. The zero-order valence-electron chi connectivity index (χ0n) is 12.4. The predicted molar refractivity (Wildman–Crippen MR) is 87.4 cm³/mol. The number of carbonyl (C=O) groups is 1. The van der Waals surface area contributed by atoms with Gasteiger partial charge in [-0.1, -0.05) is 18.2 Å². The number of imidazole rings is 1. The van der Waals surface area contributed by atoms with Crippen molar-refractivity contribution in [3.05, 3.63) is 59.7 Å². The molecule has 0 fully saturated rings. The number of amides is 1. The molecule has 5 heteroatoms. The lowest BCUT2D eigenvalue weighted by Crippen LogP contribution is -2.28. The lowest BCUT2D eigenvalue weighted by molar-refractivity contribution is 0.0846. The SMILES string of the molecule is O=C1c2ccccc2C2=C(c3nc4ccncc4[nH]3)CCCN12. The summed E-state index contributed by atoms with van der Waals surface area (Å²) in [5.41, 5.74) is 5.77. The maximum absolute atomic E-state index is 12.6. The molecule has 0 saturated heterocycles. The maximum atomic E-state index is 12.6. The van der Waals surface area contributed by atoms with Crippen LogP contribution in [-0.4, -0.2) is 32.3 Å². The summed E-state index contributed by atoms with van der Waals surface area (Å²) in [5.74, 6) is 0.947. The molecule has 4 heterocycles. The number of rotatable bonds is 1. The van der Waals surface area contributed by atoms with E-state index < -0.39 is 0 Å². The lowest BCUT2D eigenvalue weighted by atomic mass is 9.98. The van der Waals surface area contributed by atoms with E-state index in [1.807, 2.05) is 35.2 Å². The molecule has 0 saturated carbocycles. The van der Waals surface area contributed by atoms with Crippen molar-refractivity contribution in [3.8, 4) is 0 Å². The molecule has 0 atom stereocenters. The number of fused-ring (bicyclic) bond motifs is 4. The predicted octanol–water partition coefficient (Wildman–Crippen LogP) is 3.08. The molecule has 2 aliphatic rings. The molecule has 5 nitrogen and oxygen atoms in total. The number of allylic oxidation sites excluding steroid dienone is 1. The van der Waals surface area contributed by atoms with Gasteiger partial charge in [-0.2, -0.15) is 0 Å². The highest BCUT2D eigenvalue weighted by atomic mass is 16.2. The second kappa shape index (κ2) is 4.52.